The number of nitrogens with zero attached hydrogens (tertiary/aromatic N) is 1. The Morgan fingerprint density at radius 3 is 2.58 bits per heavy atom. The Hall–Kier alpha value is -1.57. The normalized spacial score (nSPS) is 14.6. The molecule has 12 heavy (non-hydrogen) atoms. The summed E-state index contributed by atoms with van der Waals surface area (Å²) < 4.78 is 0. The van der Waals surface area contributed by atoms with E-state index in [1.807, 2.05) is 0 Å². The minimum absolute atomic E-state index is 0.0624. The minimum atomic E-state index is -0.480. The van der Waals surface area contributed by atoms with Gasteiger partial charge in [0.05, 0.1) is 6.07 Å². The molecule has 1 aliphatic rings. The van der Waals surface area contributed by atoms with Crippen molar-refractivity contribution in [3.05, 3.63) is 0 Å². The van der Waals surface area contributed by atoms with Crippen LogP contribution in [0.3, 0.4) is 0 Å². The van der Waals surface area contributed by atoms with Crippen molar-refractivity contribution in [2.45, 2.75) is 19.3 Å². The van der Waals surface area contributed by atoms with Crippen molar-refractivity contribution in [2.75, 3.05) is 0 Å². The Labute approximate surface area is 69.7 Å². The van der Waals surface area contributed by atoms with Crippen LogP contribution in [0.4, 0.5) is 0 Å². The topological polar surface area (TPSA) is 82.0 Å². The smallest absolute Gasteiger partial charge is 0.252 e. The molecule has 0 atom stereocenters. The largest absolute Gasteiger partial charge is 0.273 e. The number of carbonyl (C=O) groups excluding carboxylic acids is 2. The van der Waals surface area contributed by atoms with E-state index in [1.165, 1.54) is 0 Å². The van der Waals surface area contributed by atoms with E-state index in [0.29, 0.717) is 0 Å². The molecule has 0 aromatic heterocycles. The van der Waals surface area contributed by atoms with Gasteiger partial charge in [-0.1, -0.05) is 0 Å². The fourth-order valence-electron chi connectivity index (χ4n) is 0.695. The third-order valence-corrected chi connectivity index (χ3v) is 1.51. The molecule has 0 spiro atoms. The van der Waals surface area contributed by atoms with Gasteiger partial charge >= 0.3 is 0 Å². The van der Waals surface area contributed by atoms with Gasteiger partial charge in [-0.15, -0.1) is 0 Å². The minimum Gasteiger partial charge on any atom is -0.273 e. The molecule has 0 aliphatic heterocycles. The zero-order valence-electron chi connectivity index (χ0n) is 6.46. The van der Waals surface area contributed by atoms with Crippen molar-refractivity contribution in [3.8, 4) is 6.07 Å². The maximum atomic E-state index is 10.9. The summed E-state index contributed by atoms with van der Waals surface area (Å²) in [4.78, 5) is 21.5. The number of amides is 2. The highest BCUT2D eigenvalue weighted by molar-refractivity contribution is 5.85. The number of nitriles is 1. The highest BCUT2D eigenvalue weighted by Gasteiger charge is 2.29. The molecule has 2 amide bonds. The molecule has 0 saturated heterocycles. The summed E-state index contributed by atoms with van der Waals surface area (Å²) in [7, 11) is 0. The summed E-state index contributed by atoms with van der Waals surface area (Å²) in [5.41, 5.74) is 4.38. The molecule has 5 heteroatoms. The second kappa shape index (κ2) is 3.72. The van der Waals surface area contributed by atoms with E-state index < -0.39 is 5.91 Å². The third kappa shape index (κ3) is 2.58. The average Bonchev–Trinajstić information content (AvgIpc) is 2.83. The van der Waals surface area contributed by atoms with Crippen molar-refractivity contribution in [2.24, 2.45) is 5.92 Å². The van der Waals surface area contributed by atoms with E-state index in [9.17, 15) is 9.59 Å². The van der Waals surface area contributed by atoms with Gasteiger partial charge in [-0.25, -0.2) is 0 Å². The summed E-state index contributed by atoms with van der Waals surface area (Å²) in [6, 6.07) is 1.67. The van der Waals surface area contributed by atoms with Crippen LogP contribution >= 0.6 is 0 Å². The number of rotatable bonds is 2. The summed E-state index contributed by atoms with van der Waals surface area (Å²) in [5, 5.41) is 8.10. The second-order valence-electron chi connectivity index (χ2n) is 2.65. The quantitative estimate of drug-likeness (QED) is 0.542. The van der Waals surface area contributed by atoms with Gasteiger partial charge in [0, 0.05) is 5.92 Å². The molecule has 1 aliphatic carbocycles. The highest BCUT2D eigenvalue weighted by atomic mass is 16.2. The standard InChI is InChI=1S/C7H9N3O2/c8-4-3-6(11)9-10-7(12)5-1-2-5/h5H,1-3H2,(H,9,11)(H,10,12). The van der Waals surface area contributed by atoms with Crippen LogP contribution < -0.4 is 10.9 Å². The van der Waals surface area contributed by atoms with Crippen LogP contribution in [0.15, 0.2) is 0 Å². The van der Waals surface area contributed by atoms with Crippen molar-refractivity contribution in [3.63, 3.8) is 0 Å². The molecule has 1 saturated carbocycles. The van der Waals surface area contributed by atoms with E-state index in [-0.39, 0.29) is 18.2 Å². The lowest BCUT2D eigenvalue weighted by atomic mass is 10.4. The maximum absolute atomic E-state index is 10.9. The summed E-state index contributed by atoms with van der Waals surface area (Å²) in [6.07, 6.45) is 1.55. The molecule has 0 radical (unpaired) electrons. The van der Waals surface area contributed by atoms with Crippen molar-refractivity contribution in [1.82, 2.24) is 10.9 Å². The first-order chi connectivity index (χ1) is 5.74. The maximum Gasteiger partial charge on any atom is 0.252 e. The molecule has 0 aromatic rings. The Bertz CT molecular complexity index is 240. The van der Waals surface area contributed by atoms with Gasteiger partial charge in [0.1, 0.15) is 6.42 Å². The number of hydrogen-bond acceptors (Lipinski definition) is 3. The highest BCUT2D eigenvalue weighted by Crippen LogP contribution is 2.28. The fourth-order valence-corrected chi connectivity index (χ4v) is 0.695. The average molecular weight is 167 g/mol. The third-order valence-electron chi connectivity index (χ3n) is 1.51. The monoisotopic (exact) mass is 167 g/mol. The Morgan fingerprint density at radius 2 is 2.08 bits per heavy atom. The lowest BCUT2D eigenvalue weighted by Gasteiger charge is -2.03. The van der Waals surface area contributed by atoms with Gasteiger partial charge in [-0.2, -0.15) is 5.26 Å². The molecular weight excluding hydrogens is 158 g/mol. The molecule has 5 nitrogen and oxygen atoms in total. The van der Waals surface area contributed by atoms with Gasteiger partial charge in [-0.05, 0) is 12.8 Å². The van der Waals surface area contributed by atoms with Crippen LogP contribution in [-0.4, -0.2) is 11.8 Å². The molecule has 1 fully saturated rings. The van der Waals surface area contributed by atoms with Crippen molar-refractivity contribution in [1.29, 1.82) is 5.26 Å². The van der Waals surface area contributed by atoms with Gasteiger partial charge in [-0.3, -0.25) is 20.4 Å². The number of nitrogens with one attached hydrogen (secondary N) is 2. The van der Waals surface area contributed by atoms with Gasteiger partial charge in [0.15, 0.2) is 0 Å². The summed E-state index contributed by atoms with van der Waals surface area (Å²) in [6.45, 7) is 0. The van der Waals surface area contributed by atoms with E-state index in [4.69, 9.17) is 5.26 Å². The van der Waals surface area contributed by atoms with Crippen molar-refractivity contribution < 1.29 is 9.59 Å². The van der Waals surface area contributed by atoms with Crippen LogP contribution in [0.25, 0.3) is 0 Å². The first-order valence-electron chi connectivity index (χ1n) is 3.69. The Kier molecular flexibility index (Phi) is 2.64. The fraction of sp³-hybridized carbons (Fsp3) is 0.571. The Balaban J connectivity index is 2.12. The molecule has 1 rings (SSSR count). The number of hydrogen-bond donors (Lipinski definition) is 2. The molecule has 0 bridgehead atoms. The number of carbonyl (C=O) groups is 2. The lowest BCUT2D eigenvalue weighted by Crippen LogP contribution is -2.42. The molecule has 0 unspecified atom stereocenters. The van der Waals surface area contributed by atoms with Crippen molar-refractivity contribution >= 4 is 11.8 Å². The predicted molar refractivity (Wildman–Crippen MR) is 39.2 cm³/mol. The first kappa shape index (κ1) is 8.53. The van der Waals surface area contributed by atoms with Crippen LogP contribution in [0, 0.1) is 17.2 Å². The van der Waals surface area contributed by atoms with Crippen LogP contribution in [-0.2, 0) is 9.59 Å². The zero-order chi connectivity index (χ0) is 8.97. The summed E-state index contributed by atoms with van der Waals surface area (Å²) in [5.74, 6) is -0.583. The van der Waals surface area contributed by atoms with Crippen LogP contribution in [0.1, 0.15) is 19.3 Å². The molecule has 2 N–H and O–H groups in total. The van der Waals surface area contributed by atoms with Gasteiger partial charge in [0.2, 0.25) is 5.91 Å². The molecule has 64 valence electrons. The SMILES string of the molecule is N#CCC(=O)NNC(=O)C1CC1. The van der Waals surface area contributed by atoms with E-state index in [1.54, 1.807) is 6.07 Å². The lowest BCUT2D eigenvalue weighted by molar-refractivity contribution is -0.129. The van der Waals surface area contributed by atoms with Crippen LogP contribution in [0.2, 0.25) is 0 Å². The summed E-state index contributed by atoms with van der Waals surface area (Å²) >= 11 is 0. The van der Waals surface area contributed by atoms with E-state index >= 15 is 0 Å². The van der Waals surface area contributed by atoms with E-state index in [0.717, 1.165) is 12.8 Å². The molecule has 0 aromatic carbocycles. The zero-order valence-corrected chi connectivity index (χ0v) is 6.46. The van der Waals surface area contributed by atoms with Crippen LogP contribution in [0.5, 0.6) is 0 Å². The van der Waals surface area contributed by atoms with Gasteiger partial charge < -0.3 is 0 Å². The predicted octanol–water partition coefficient (Wildman–Crippen LogP) is -0.543. The van der Waals surface area contributed by atoms with Gasteiger partial charge in [0.25, 0.3) is 5.91 Å². The Morgan fingerprint density at radius 1 is 1.42 bits per heavy atom. The number of hydrazine groups is 1. The second-order valence-corrected chi connectivity index (χ2v) is 2.65. The molecule has 0 heterocycles. The molecular formula is C7H9N3O2. The first-order valence-corrected chi connectivity index (χ1v) is 3.69. The van der Waals surface area contributed by atoms with E-state index in [2.05, 4.69) is 10.9 Å².